The molecular formula is C20H21N3O3S. The SMILES string of the molecule is COc1ccc(NC(=O)Cn2cnc3sc4c(c3c2=O)CC[C@H](C)C4)cc1. The van der Waals surface area contributed by atoms with Crippen LogP contribution in [0.3, 0.4) is 0 Å². The Morgan fingerprint density at radius 1 is 1.37 bits per heavy atom. The van der Waals surface area contributed by atoms with Crippen molar-refractivity contribution in [3.8, 4) is 5.75 Å². The molecule has 0 aliphatic heterocycles. The Labute approximate surface area is 160 Å². The van der Waals surface area contributed by atoms with E-state index in [2.05, 4.69) is 17.2 Å². The van der Waals surface area contributed by atoms with Gasteiger partial charge in [0.15, 0.2) is 0 Å². The number of carbonyl (C=O) groups excluding carboxylic acids is 1. The number of aromatic nitrogens is 2. The lowest BCUT2D eigenvalue weighted by atomic mass is 9.89. The van der Waals surface area contributed by atoms with Gasteiger partial charge in [0.05, 0.1) is 18.8 Å². The fraction of sp³-hybridized carbons (Fsp3) is 0.350. The summed E-state index contributed by atoms with van der Waals surface area (Å²) in [6.45, 7) is 2.18. The van der Waals surface area contributed by atoms with E-state index in [4.69, 9.17) is 4.74 Å². The van der Waals surface area contributed by atoms with Crippen molar-refractivity contribution < 1.29 is 9.53 Å². The van der Waals surface area contributed by atoms with Crippen molar-refractivity contribution in [2.45, 2.75) is 32.7 Å². The Balaban J connectivity index is 1.57. The Morgan fingerprint density at radius 2 is 2.15 bits per heavy atom. The quantitative estimate of drug-likeness (QED) is 0.751. The molecule has 6 nitrogen and oxygen atoms in total. The lowest BCUT2D eigenvalue weighted by molar-refractivity contribution is -0.116. The van der Waals surface area contributed by atoms with E-state index in [1.54, 1.807) is 42.7 Å². The van der Waals surface area contributed by atoms with Gasteiger partial charge in [0.1, 0.15) is 17.1 Å². The van der Waals surface area contributed by atoms with E-state index in [-0.39, 0.29) is 18.0 Å². The van der Waals surface area contributed by atoms with Crippen molar-refractivity contribution >= 4 is 33.1 Å². The molecule has 1 aromatic carbocycles. The third kappa shape index (κ3) is 3.47. The Hall–Kier alpha value is -2.67. The number of hydrogen-bond acceptors (Lipinski definition) is 5. The second kappa shape index (κ2) is 7.15. The molecule has 1 aliphatic rings. The maximum atomic E-state index is 12.9. The van der Waals surface area contributed by atoms with Gasteiger partial charge in [-0.05, 0) is 55.0 Å². The molecule has 0 saturated carbocycles. The van der Waals surface area contributed by atoms with E-state index in [0.29, 0.717) is 17.0 Å². The number of fused-ring (bicyclic) bond motifs is 3. The van der Waals surface area contributed by atoms with Gasteiger partial charge in [-0.25, -0.2) is 4.98 Å². The van der Waals surface area contributed by atoms with Crippen LogP contribution in [0.4, 0.5) is 5.69 Å². The van der Waals surface area contributed by atoms with E-state index in [1.165, 1.54) is 15.8 Å². The van der Waals surface area contributed by atoms with Crippen LogP contribution < -0.4 is 15.6 Å². The number of amides is 1. The molecule has 140 valence electrons. The van der Waals surface area contributed by atoms with Crippen molar-refractivity contribution in [2.24, 2.45) is 5.92 Å². The molecule has 0 bridgehead atoms. The molecule has 0 spiro atoms. The van der Waals surface area contributed by atoms with Gasteiger partial charge >= 0.3 is 0 Å². The van der Waals surface area contributed by atoms with Gasteiger partial charge in [0, 0.05) is 10.6 Å². The maximum Gasteiger partial charge on any atom is 0.262 e. The van der Waals surface area contributed by atoms with Gasteiger partial charge in [-0.2, -0.15) is 0 Å². The molecule has 0 saturated heterocycles. The number of anilines is 1. The number of carbonyl (C=O) groups is 1. The first-order chi connectivity index (χ1) is 13.0. The summed E-state index contributed by atoms with van der Waals surface area (Å²) in [5.74, 6) is 1.10. The maximum absolute atomic E-state index is 12.9. The minimum atomic E-state index is -0.263. The molecule has 0 fully saturated rings. The number of benzene rings is 1. The van der Waals surface area contributed by atoms with Gasteiger partial charge < -0.3 is 10.1 Å². The summed E-state index contributed by atoms with van der Waals surface area (Å²) >= 11 is 1.61. The topological polar surface area (TPSA) is 73.2 Å². The van der Waals surface area contributed by atoms with Crippen LogP contribution in [0.2, 0.25) is 0 Å². The molecule has 7 heteroatoms. The second-order valence-corrected chi connectivity index (χ2v) is 8.07. The van der Waals surface area contributed by atoms with Gasteiger partial charge in [0.25, 0.3) is 5.56 Å². The van der Waals surface area contributed by atoms with Gasteiger partial charge in [-0.3, -0.25) is 14.2 Å². The lowest BCUT2D eigenvalue weighted by Crippen LogP contribution is -2.28. The molecule has 1 atom stereocenters. The molecule has 1 N–H and O–H groups in total. The Kier molecular flexibility index (Phi) is 4.70. The van der Waals surface area contributed by atoms with Crippen LogP contribution in [0.15, 0.2) is 35.4 Å². The van der Waals surface area contributed by atoms with Gasteiger partial charge in [-0.15, -0.1) is 11.3 Å². The first kappa shape index (κ1) is 17.7. The molecule has 0 radical (unpaired) electrons. The van der Waals surface area contributed by atoms with Crippen LogP contribution in [-0.2, 0) is 24.2 Å². The monoisotopic (exact) mass is 383 g/mol. The minimum Gasteiger partial charge on any atom is -0.497 e. The molecule has 27 heavy (non-hydrogen) atoms. The fourth-order valence-electron chi connectivity index (χ4n) is 3.51. The van der Waals surface area contributed by atoms with Crippen molar-refractivity contribution in [3.63, 3.8) is 0 Å². The molecule has 4 rings (SSSR count). The summed E-state index contributed by atoms with van der Waals surface area (Å²) in [5.41, 5.74) is 1.66. The minimum absolute atomic E-state index is 0.0607. The zero-order chi connectivity index (χ0) is 19.0. The zero-order valence-electron chi connectivity index (χ0n) is 15.3. The first-order valence-electron chi connectivity index (χ1n) is 8.98. The highest BCUT2D eigenvalue weighted by Crippen LogP contribution is 2.35. The average molecular weight is 383 g/mol. The smallest absolute Gasteiger partial charge is 0.262 e. The molecular weight excluding hydrogens is 362 g/mol. The second-order valence-electron chi connectivity index (χ2n) is 6.99. The Bertz CT molecular complexity index is 1050. The zero-order valence-corrected chi connectivity index (χ0v) is 16.1. The molecule has 3 aromatic rings. The van der Waals surface area contributed by atoms with E-state index in [0.717, 1.165) is 35.4 Å². The largest absolute Gasteiger partial charge is 0.497 e. The molecule has 1 aliphatic carbocycles. The van der Waals surface area contributed by atoms with E-state index < -0.39 is 0 Å². The predicted octanol–water partition coefficient (Wildman–Crippen LogP) is 3.23. The number of hydrogen-bond donors (Lipinski definition) is 1. The fourth-order valence-corrected chi connectivity index (χ4v) is 4.85. The number of aryl methyl sites for hydroxylation is 1. The Morgan fingerprint density at radius 3 is 2.89 bits per heavy atom. The third-order valence-electron chi connectivity index (χ3n) is 4.97. The number of rotatable bonds is 4. The van der Waals surface area contributed by atoms with E-state index in [1.807, 2.05) is 0 Å². The highest BCUT2D eigenvalue weighted by molar-refractivity contribution is 7.18. The number of thiophene rings is 1. The van der Waals surface area contributed by atoms with Crippen LogP contribution >= 0.6 is 11.3 Å². The van der Waals surface area contributed by atoms with Gasteiger partial charge in [0.2, 0.25) is 5.91 Å². The van der Waals surface area contributed by atoms with Crippen LogP contribution in [0.5, 0.6) is 5.75 Å². The van der Waals surface area contributed by atoms with E-state index >= 15 is 0 Å². The summed E-state index contributed by atoms with van der Waals surface area (Å²) in [5, 5.41) is 3.50. The number of nitrogens with one attached hydrogen (secondary N) is 1. The average Bonchev–Trinajstić information content (AvgIpc) is 3.02. The third-order valence-corrected chi connectivity index (χ3v) is 6.13. The van der Waals surface area contributed by atoms with Crippen LogP contribution in [0, 0.1) is 5.92 Å². The summed E-state index contributed by atoms with van der Waals surface area (Å²) in [6.07, 6.45) is 4.48. The first-order valence-corrected chi connectivity index (χ1v) is 9.80. The molecule has 2 heterocycles. The van der Waals surface area contributed by atoms with Crippen LogP contribution in [-0.4, -0.2) is 22.6 Å². The molecule has 1 amide bonds. The van der Waals surface area contributed by atoms with E-state index in [9.17, 15) is 9.59 Å². The molecule has 2 aromatic heterocycles. The summed E-state index contributed by atoms with van der Waals surface area (Å²) in [6, 6.07) is 7.07. The molecule has 0 unspecified atom stereocenters. The number of methoxy groups -OCH3 is 1. The highest BCUT2D eigenvalue weighted by Gasteiger charge is 2.23. The van der Waals surface area contributed by atoms with Gasteiger partial charge in [-0.1, -0.05) is 6.92 Å². The highest BCUT2D eigenvalue weighted by atomic mass is 32.1. The summed E-state index contributed by atoms with van der Waals surface area (Å²) in [4.78, 5) is 31.8. The van der Waals surface area contributed by atoms with Crippen molar-refractivity contribution in [1.29, 1.82) is 0 Å². The normalized spacial score (nSPS) is 16.1. The van der Waals surface area contributed by atoms with Crippen molar-refractivity contribution in [1.82, 2.24) is 9.55 Å². The predicted molar refractivity (Wildman–Crippen MR) is 107 cm³/mol. The standard InChI is InChI=1S/C20H21N3O3S/c1-12-3-8-15-16(9-12)27-19-18(15)20(25)23(11-21-19)10-17(24)22-13-4-6-14(26-2)7-5-13/h4-7,11-12H,3,8-10H2,1-2H3,(H,22,24)/t12-/m0/s1. The van der Waals surface area contributed by atoms with Crippen molar-refractivity contribution in [3.05, 3.63) is 51.4 Å². The summed E-state index contributed by atoms with van der Waals surface area (Å²) in [7, 11) is 1.59. The number of nitrogens with zero attached hydrogens (tertiary/aromatic N) is 2. The lowest BCUT2D eigenvalue weighted by Gasteiger charge is -2.17. The summed E-state index contributed by atoms with van der Waals surface area (Å²) < 4.78 is 6.50. The van der Waals surface area contributed by atoms with Crippen LogP contribution in [0.25, 0.3) is 10.2 Å². The van der Waals surface area contributed by atoms with Crippen LogP contribution in [0.1, 0.15) is 23.8 Å². The number of ether oxygens (including phenoxy) is 1. The van der Waals surface area contributed by atoms with Crippen molar-refractivity contribution in [2.75, 3.05) is 12.4 Å².